The molecule has 134 valence electrons. The van der Waals surface area contributed by atoms with Gasteiger partial charge in [0.2, 0.25) is 0 Å². The largest absolute Gasteiger partial charge is 0.388 e. The predicted octanol–water partition coefficient (Wildman–Crippen LogP) is 3.09. The summed E-state index contributed by atoms with van der Waals surface area (Å²) in [5, 5.41) is 20.7. The normalized spacial score (nSPS) is 15.2. The van der Waals surface area contributed by atoms with E-state index >= 15 is 0 Å². The lowest BCUT2D eigenvalue weighted by atomic mass is 10.1. The minimum Gasteiger partial charge on any atom is -0.388 e. The van der Waals surface area contributed by atoms with Crippen molar-refractivity contribution in [1.82, 2.24) is 0 Å². The Bertz CT molecular complexity index is 612. The number of allylic oxidation sites excluding steroid dienone is 1. The second kappa shape index (κ2) is 10.8. The van der Waals surface area contributed by atoms with E-state index in [4.69, 9.17) is 9.47 Å². The van der Waals surface area contributed by atoms with Gasteiger partial charge < -0.3 is 19.7 Å². The Balaban J connectivity index is 1.89. The van der Waals surface area contributed by atoms with Gasteiger partial charge in [-0.15, -0.1) is 0 Å². The first-order valence-electron chi connectivity index (χ1n) is 8.47. The van der Waals surface area contributed by atoms with E-state index in [0.717, 1.165) is 11.1 Å². The van der Waals surface area contributed by atoms with E-state index < -0.39 is 18.3 Å². The molecule has 0 amide bonds. The fourth-order valence-electron chi connectivity index (χ4n) is 2.48. The Hall–Kier alpha value is -1.98. The number of aliphatic hydroxyl groups is 2. The molecule has 0 aliphatic heterocycles. The average Bonchev–Trinajstić information content (AvgIpc) is 2.64. The number of hydrogen-bond acceptors (Lipinski definition) is 4. The number of ether oxygens (including phenoxy) is 2. The molecule has 0 aromatic heterocycles. The Morgan fingerprint density at radius 2 is 1.44 bits per heavy atom. The number of aliphatic hydroxyl groups excluding tert-OH is 2. The molecule has 0 aliphatic rings. The topological polar surface area (TPSA) is 58.9 Å². The van der Waals surface area contributed by atoms with E-state index in [1.54, 1.807) is 12.2 Å². The molecule has 0 heterocycles. The zero-order chi connectivity index (χ0) is 17.9. The molecule has 0 fully saturated rings. The molecule has 2 rings (SSSR count). The first-order valence-corrected chi connectivity index (χ1v) is 8.47. The summed E-state index contributed by atoms with van der Waals surface area (Å²) < 4.78 is 11.4. The molecule has 3 atom stereocenters. The van der Waals surface area contributed by atoms with Crippen molar-refractivity contribution >= 4 is 0 Å². The van der Waals surface area contributed by atoms with Crippen LogP contribution < -0.4 is 0 Å². The first kappa shape index (κ1) is 19.3. The molecule has 0 radical (unpaired) electrons. The monoisotopic (exact) mass is 342 g/mol. The highest BCUT2D eigenvalue weighted by Gasteiger charge is 2.26. The van der Waals surface area contributed by atoms with E-state index in [1.807, 2.05) is 67.6 Å². The lowest BCUT2D eigenvalue weighted by Gasteiger charge is -2.26. The maximum Gasteiger partial charge on any atom is 0.115 e. The maximum atomic E-state index is 10.4. The summed E-state index contributed by atoms with van der Waals surface area (Å²) in [6.45, 7) is 2.62. The Labute approximate surface area is 149 Å². The third-order valence-electron chi connectivity index (χ3n) is 3.79. The van der Waals surface area contributed by atoms with Gasteiger partial charge in [-0.1, -0.05) is 72.8 Å². The smallest absolute Gasteiger partial charge is 0.115 e. The summed E-state index contributed by atoms with van der Waals surface area (Å²) in [4.78, 5) is 0. The molecule has 0 spiro atoms. The fraction of sp³-hybridized carbons (Fsp3) is 0.333. The van der Waals surface area contributed by atoms with Gasteiger partial charge in [0, 0.05) is 0 Å². The van der Waals surface area contributed by atoms with Crippen molar-refractivity contribution in [3.8, 4) is 0 Å². The third kappa shape index (κ3) is 6.80. The Morgan fingerprint density at radius 3 is 2.00 bits per heavy atom. The van der Waals surface area contributed by atoms with Crippen molar-refractivity contribution in [2.45, 2.75) is 38.4 Å². The molecule has 0 bridgehead atoms. The molecule has 4 nitrogen and oxygen atoms in total. The van der Waals surface area contributed by atoms with E-state index in [9.17, 15) is 10.2 Å². The van der Waals surface area contributed by atoms with E-state index in [1.165, 1.54) is 0 Å². The summed E-state index contributed by atoms with van der Waals surface area (Å²) in [6.07, 6.45) is 0.756. The molecular formula is C21H26O4. The zero-order valence-electron chi connectivity index (χ0n) is 14.5. The van der Waals surface area contributed by atoms with Crippen LogP contribution in [0.15, 0.2) is 72.8 Å². The van der Waals surface area contributed by atoms with Crippen LogP contribution in [0.5, 0.6) is 0 Å². The van der Waals surface area contributed by atoms with E-state index in [-0.39, 0.29) is 6.61 Å². The highest BCUT2D eigenvalue weighted by molar-refractivity contribution is 5.14. The minimum absolute atomic E-state index is 0.0863. The summed E-state index contributed by atoms with van der Waals surface area (Å²) in [5.41, 5.74) is 2.02. The van der Waals surface area contributed by atoms with Crippen LogP contribution in [0.3, 0.4) is 0 Å². The second-order valence-electron chi connectivity index (χ2n) is 5.85. The minimum atomic E-state index is -0.932. The van der Waals surface area contributed by atoms with Crippen molar-refractivity contribution in [1.29, 1.82) is 0 Å². The molecule has 2 aromatic rings. The fourth-order valence-corrected chi connectivity index (χ4v) is 2.48. The van der Waals surface area contributed by atoms with Crippen molar-refractivity contribution in [2.24, 2.45) is 0 Å². The van der Waals surface area contributed by atoms with Gasteiger partial charge in [0.05, 0.1) is 19.8 Å². The van der Waals surface area contributed by atoms with Crippen molar-refractivity contribution in [2.75, 3.05) is 6.61 Å². The molecule has 25 heavy (non-hydrogen) atoms. The lowest BCUT2D eigenvalue weighted by Crippen LogP contribution is -2.41. The summed E-state index contributed by atoms with van der Waals surface area (Å²) >= 11 is 0. The molecule has 4 heteroatoms. The Morgan fingerprint density at radius 1 is 0.880 bits per heavy atom. The van der Waals surface area contributed by atoms with E-state index in [0.29, 0.717) is 13.2 Å². The number of benzene rings is 2. The predicted molar refractivity (Wildman–Crippen MR) is 97.9 cm³/mol. The zero-order valence-corrected chi connectivity index (χ0v) is 14.5. The van der Waals surface area contributed by atoms with Crippen LogP contribution in [0.2, 0.25) is 0 Å². The van der Waals surface area contributed by atoms with Gasteiger partial charge in [-0.3, -0.25) is 0 Å². The highest BCUT2D eigenvalue weighted by Crippen LogP contribution is 2.13. The van der Waals surface area contributed by atoms with Crippen LogP contribution in [-0.2, 0) is 22.7 Å². The Kier molecular flexibility index (Phi) is 8.35. The van der Waals surface area contributed by atoms with Crippen molar-refractivity contribution in [3.63, 3.8) is 0 Å². The standard InChI is InChI=1S/C21H26O4/c1-2-9-19(22)21(25-15-18-12-7-4-8-13-18)20(23)16-24-14-17-10-5-3-6-11-17/h2-13,19-23H,14-16H2,1H3/b9-2-/t19-,20+,21?/m0/s1. The maximum absolute atomic E-state index is 10.4. The third-order valence-corrected chi connectivity index (χ3v) is 3.79. The second-order valence-corrected chi connectivity index (χ2v) is 5.85. The van der Waals surface area contributed by atoms with Crippen LogP contribution in [0.4, 0.5) is 0 Å². The average molecular weight is 342 g/mol. The molecular weight excluding hydrogens is 316 g/mol. The highest BCUT2D eigenvalue weighted by atomic mass is 16.5. The van der Waals surface area contributed by atoms with Crippen molar-refractivity contribution < 1.29 is 19.7 Å². The van der Waals surface area contributed by atoms with Crippen LogP contribution in [0, 0.1) is 0 Å². The van der Waals surface area contributed by atoms with Crippen LogP contribution in [-0.4, -0.2) is 35.1 Å². The van der Waals surface area contributed by atoms with Crippen LogP contribution in [0.1, 0.15) is 18.1 Å². The van der Waals surface area contributed by atoms with Gasteiger partial charge >= 0.3 is 0 Å². The van der Waals surface area contributed by atoms with Gasteiger partial charge in [-0.25, -0.2) is 0 Å². The van der Waals surface area contributed by atoms with Crippen molar-refractivity contribution in [3.05, 3.63) is 83.9 Å². The molecule has 2 aromatic carbocycles. The number of rotatable bonds is 10. The molecule has 0 saturated heterocycles. The lowest BCUT2D eigenvalue weighted by molar-refractivity contribution is -0.116. The van der Waals surface area contributed by atoms with Gasteiger partial charge in [0.15, 0.2) is 0 Å². The number of hydrogen-bond donors (Lipinski definition) is 2. The van der Waals surface area contributed by atoms with Crippen LogP contribution in [0.25, 0.3) is 0 Å². The SMILES string of the molecule is C/C=C\[C@H](O)C(OCc1ccccc1)[C@H](O)COCc1ccccc1. The quantitative estimate of drug-likeness (QED) is 0.652. The van der Waals surface area contributed by atoms with Gasteiger partial charge in [0.25, 0.3) is 0 Å². The van der Waals surface area contributed by atoms with Gasteiger partial charge in [-0.05, 0) is 18.1 Å². The van der Waals surface area contributed by atoms with E-state index in [2.05, 4.69) is 0 Å². The van der Waals surface area contributed by atoms with Crippen LogP contribution >= 0.6 is 0 Å². The summed E-state index contributed by atoms with van der Waals surface area (Å²) in [6, 6.07) is 19.4. The van der Waals surface area contributed by atoms with Gasteiger partial charge in [0.1, 0.15) is 18.3 Å². The molecule has 0 aliphatic carbocycles. The molecule has 0 saturated carbocycles. The summed E-state index contributed by atoms with van der Waals surface area (Å²) in [5.74, 6) is 0. The summed E-state index contributed by atoms with van der Waals surface area (Å²) in [7, 11) is 0. The van der Waals surface area contributed by atoms with Gasteiger partial charge in [-0.2, -0.15) is 0 Å². The first-order chi connectivity index (χ1) is 12.2. The molecule has 1 unspecified atom stereocenters. The molecule has 2 N–H and O–H groups in total.